The van der Waals surface area contributed by atoms with Gasteiger partial charge in [-0.2, -0.15) is 0 Å². The minimum atomic E-state index is -1.02. The van der Waals surface area contributed by atoms with Crippen LogP contribution in [-0.2, 0) is 24.9 Å². The summed E-state index contributed by atoms with van der Waals surface area (Å²) in [6, 6.07) is 0.840. The zero-order valence-electron chi connectivity index (χ0n) is 17.1. The molecule has 0 unspecified atom stereocenters. The summed E-state index contributed by atoms with van der Waals surface area (Å²) in [6.07, 6.45) is 2.47. The lowest BCUT2D eigenvalue weighted by atomic mass is 10.2. The number of esters is 1. The average molecular weight is 432 g/mol. The summed E-state index contributed by atoms with van der Waals surface area (Å²) in [4.78, 5) is 66.3. The SMILES string of the molecule is CCCCn1c(=O)[nH]c(=O)c2c1nc(Cn1cc([N+](=O)[O-])cc(C(=O)OC)c1=O)n2C. The van der Waals surface area contributed by atoms with Gasteiger partial charge < -0.3 is 13.9 Å². The summed E-state index contributed by atoms with van der Waals surface area (Å²) in [5.41, 5.74) is -2.79. The summed E-state index contributed by atoms with van der Waals surface area (Å²) >= 11 is 0. The second-order valence-corrected chi connectivity index (χ2v) is 6.82. The largest absolute Gasteiger partial charge is 0.465 e. The monoisotopic (exact) mass is 432 g/mol. The van der Waals surface area contributed by atoms with Gasteiger partial charge in [-0.25, -0.2) is 14.6 Å². The number of carbonyl (C=O) groups excluding carboxylic acids is 1. The first-order valence-corrected chi connectivity index (χ1v) is 9.35. The molecule has 0 radical (unpaired) electrons. The zero-order valence-corrected chi connectivity index (χ0v) is 17.1. The van der Waals surface area contributed by atoms with E-state index in [1.54, 1.807) is 0 Å². The third kappa shape index (κ3) is 3.89. The van der Waals surface area contributed by atoms with Crippen molar-refractivity contribution in [1.82, 2.24) is 23.7 Å². The molecule has 1 N–H and O–H groups in total. The standard InChI is InChI=1S/C18H20N6O7/c1-4-5-6-23-14-13(15(25)20-18(23)28)21(2)12(19-14)9-22-8-10(24(29)30)7-11(16(22)26)17(27)31-3/h7-8H,4-6,9H2,1-3H3,(H,20,25,28). The van der Waals surface area contributed by atoms with Crippen LogP contribution >= 0.6 is 0 Å². The van der Waals surface area contributed by atoms with Crippen molar-refractivity contribution in [3.8, 4) is 0 Å². The number of nitro groups is 1. The molecule has 0 aliphatic heterocycles. The molecule has 3 aromatic rings. The Hall–Kier alpha value is -4.03. The Kier molecular flexibility index (Phi) is 5.86. The Balaban J connectivity index is 2.21. The normalized spacial score (nSPS) is 11.1. The number of rotatable bonds is 7. The van der Waals surface area contributed by atoms with Crippen LogP contribution in [0.2, 0.25) is 0 Å². The summed E-state index contributed by atoms with van der Waals surface area (Å²) in [6.45, 7) is 2.00. The number of pyridine rings is 1. The fourth-order valence-electron chi connectivity index (χ4n) is 3.20. The second-order valence-electron chi connectivity index (χ2n) is 6.82. The number of fused-ring (bicyclic) bond motifs is 1. The van der Waals surface area contributed by atoms with Crippen LogP contribution in [-0.4, -0.2) is 41.7 Å². The molecule has 0 bridgehead atoms. The molecule has 3 heterocycles. The van der Waals surface area contributed by atoms with Crippen molar-refractivity contribution in [2.45, 2.75) is 32.9 Å². The maximum absolute atomic E-state index is 12.7. The van der Waals surface area contributed by atoms with Gasteiger partial charge in [0.2, 0.25) is 0 Å². The van der Waals surface area contributed by atoms with Gasteiger partial charge in [0.15, 0.2) is 11.2 Å². The predicted molar refractivity (Wildman–Crippen MR) is 108 cm³/mol. The lowest BCUT2D eigenvalue weighted by Gasteiger charge is -2.08. The number of carbonyl (C=O) groups is 1. The molecule has 0 fully saturated rings. The number of imidazole rings is 1. The van der Waals surface area contributed by atoms with Crippen LogP contribution < -0.4 is 16.8 Å². The number of aryl methyl sites for hydroxylation is 2. The van der Waals surface area contributed by atoms with Crippen LogP contribution in [0.25, 0.3) is 11.2 Å². The van der Waals surface area contributed by atoms with Crippen molar-refractivity contribution in [2.24, 2.45) is 7.05 Å². The fourth-order valence-corrected chi connectivity index (χ4v) is 3.20. The average Bonchev–Trinajstić information content (AvgIpc) is 3.05. The Morgan fingerprint density at radius 3 is 2.65 bits per heavy atom. The maximum Gasteiger partial charge on any atom is 0.343 e. The smallest absolute Gasteiger partial charge is 0.343 e. The summed E-state index contributed by atoms with van der Waals surface area (Å²) in [5, 5.41) is 11.2. The molecule has 0 aliphatic rings. The highest BCUT2D eigenvalue weighted by Crippen LogP contribution is 2.14. The van der Waals surface area contributed by atoms with E-state index in [2.05, 4.69) is 14.7 Å². The van der Waals surface area contributed by atoms with Gasteiger partial charge in [-0.1, -0.05) is 13.3 Å². The fraction of sp³-hybridized carbons (Fsp3) is 0.389. The van der Waals surface area contributed by atoms with Crippen LogP contribution in [0.5, 0.6) is 0 Å². The molecule has 13 heteroatoms. The Labute approximate surface area is 173 Å². The van der Waals surface area contributed by atoms with Crippen LogP contribution in [0, 0.1) is 10.1 Å². The van der Waals surface area contributed by atoms with E-state index in [0.717, 1.165) is 30.4 Å². The molecule has 0 saturated heterocycles. The van der Waals surface area contributed by atoms with Gasteiger partial charge >= 0.3 is 11.7 Å². The number of aromatic amines is 1. The highest BCUT2D eigenvalue weighted by molar-refractivity contribution is 5.89. The van der Waals surface area contributed by atoms with E-state index >= 15 is 0 Å². The van der Waals surface area contributed by atoms with Crippen molar-refractivity contribution in [2.75, 3.05) is 7.11 Å². The summed E-state index contributed by atoms with van der Waals surface area (Å²) in [7, 11) is 2.58. The van der Waals surface area contributed by atoms with E-state index in [0.29, 0.717) is 13.0 Å². The van der Waals surface area contributed by atoms with Crippen LogP contribution in [0.3, 0.4) is 0 Å². The quantitative estimate of drug-likeness (QED) is 0.313. The molecule has 3 aromatic heterocycles. The molecule has 0 aromatic carbocycles. The van der Waals surface area contributed by atoms with Crippen molar-refractivity contribution >= 4 is 22.8 Å². The number of methoxy groups -OCH3 is 1. The van der Waals surface area contributed by atoms with Gasteiger partial charge in [0.25, 0.3) is 16.8 Å². The topological polar surface area (TPSA) is 164 Å². The first-order chi connectivity index (χ1) is 14.7. The molecule has 3 rings (SSSR count). The lowest BCUT2D eigenvalue weighted by molar-refractivity contribution is -0.385. The Bertz CT molecular complexity index is 1360. The minimum Gasteiger partial charge on any atom is -0.465 e. The van der Waals surface area contributed by atoms with E-state index in [4.69, 9.17) is 0 Å². The van der Waals surface area contributed by atoms with E-state index in [1.807, 2.05) is 6.92 Å². The summed E-state index contributed by atoms with van der Waals surface area (Å²) in [5.74, 6) is -0.827. The van der Waals surface area contributed by atoms with E-state index in [1.165, 1.54) is 16.2 Å². The highest BCUT2D eigenvalue weighted by atomic mass is 16.6. The second kappa shape index (κ2) is 8.38. The molecule has 164 valence electrons. The van der Waals surface area contributed by atoms with Crippen molar-refractivity contribution in [1.29, 1.82) is 0 Å². The van der Waals surface area contributed by atoms with Crippen molar-refractivity contribution in [3.05, 3.63) is 65.0 Å². The number of unbranched alkanes of at least 4 members (excludes halogenated alkanes) is 1. The summed E-state index contributed by atoms with van der Waals surface area (Å²) < 4.78 is 8.21. The number of aromatic nitrogens is 5. The molecule has 0 atom stereocenters. The Morgan fingerprint density at radius 1 is 1.32 bits per heavy atom. The third-order valence-electron chi connectivity index (χ3n) is 4.84. The van der Waals surface area contributed by atoms with Crippen LogP contribution in [0.1, 0.15) is 35.9 Å². The number of ether oxygens (including phenoxy) is 1. The van der Waals surface area contributed by atoms with Gasteiger partial charge in [-0.15, -0.1) is 0 Å². The Morgan fingerprint density at radius 2 is 2.03 bits per heavy atom. The van der Waals surface area contributed by atoms with Gasteiger partial charge in [-0.3, -0.25) is 29.3 Å². The molecule has 0 amide bonds. The molecular weight excluding hydrogens is 412 g/mol. The third-order valence-corrected chi connectivity index (χ3v) is 4.84. The van der Waals surface area contributed by atoms with E-state index in [9.17, 15) is 29.3 Å². The number of nitrogens with zero attached hydrogens (tertiary/aromatic N) is 5. The van der Waals surface area contributed by atoms with Crippen LogP contribution in [0.4, 0.5) is 5.69 Å². The van der Waals surface area contributed by atoms with Crippen LogP contribution in [0.15, 0.2) is 26.6 Å². The van der Waals surface area contributed by atoms with E-state index in [-0.39, 0.29) is 23.5 Å². The predicted octanol–water partition coefficient (Wildman–Crippen LogP) is 0.128. The van der Waals surface area contributed by atoms with Gasteiger partial charge in [0.05, 0.1) is 24.8 Å². The van der Waals surface area contributed by atoms with Gasteiger partial charge in [0.1, 0.15) is 11.4 Å². The minimum absolute atomic E-state index is 0.123. The van der Waals surface area contributed by atoms with E-state index < -0.39 is 39.0 Å². The van der Waals surface area contributed by atoms with Crippen molar-refractivity contribution < 1.29 is 14.5 Å². The first kappa shape index (κ1) is 21.7. The zero-order chi connectivity index (χ0) is 22.9. The molecule has 13 nitrogen and oxygen atoms in total. The van der Waals surface area contributed by atoms with Gasteiger partial charge in [0, 0.05) is 19.7 Å². The molecule has 31 heavy (non-hydrogen) atoms. The molecule has 0 aliphatic carbocycles. The molecule has 0 spiro atoms. The number of H-pyrrole nitrogens is 1. The highest BCUT2D eigenvalue weighted by Gasteiger charge is 2.22. The molecule has 0 saturated carbocycles. The number of hydrogen-bond donors (Lipinski definition) is 1. The van der Waals surface area contributed by atoms with Crippen molar-refractivity contribution in [3.63, 3.8) is 0 Å². The number of nitrogens with one attached hydrogen (secondary N) is 1. The number of hydrogen-bond acceptors (Lipinski definition) is 8. The lowest BCUT2D eigenvalue weighted by Crippen LogP contribution is -2.31. The molecular formula is C18H20N6O7. The first-order valence-electron chi connectivity index (χ1n) is 9.35. The maximum atomic E-state index is 12.7. The van der Waals surface area contributed by atoms with Gasteiger partial charge in [-0.05, 0) is 6.42 Å².